The van der Waals surface area contributed by atoms with Gasteiger partial charge in [0.15, 0.2) is 0 Å². The van der Waals surface area contributed by atoms with Crippen molar-refractivity contribution in [2.45, 2.75) is 37.8 Å². The van der Waals surface area contributed by atoms with Gasteiger partial charge in [0.1, 0.15) is 11.9 Å². The zero-order valence-corrected chi connectivity index (χ0v) is 23.8. The molecule has 0 radical (unpaired) electrons. The van der Waals surface area contributed by atoms with Crippen LogP contribution in [0, 0.1) is 11.7 Å². The average molecular weight is 574 g/mol. The number of nitrogens with zero attached hydrogens (tertiary/aromatic N) is 2. The van der Waals surface area contributed by atoms with Gasteiger partial charge in [-0.25, -0.2) is 12.8 Å². The lowest BCUT2D eigenvalue weighted by Crippen LogP contribution is -2.53. The van der Waals surface area contributed by atoms with E-state index >= 15 is 0 Å². The fraction of sp³-hybridized carbons (Fsp3) is 0.310. The summed E-state index contributed by atoms with van der Waals surface area (Å²) in [6, 6.07) is 19.8. The molecule has 0 aliphatic heterocycles. The molecule has 0 fully saturated rings. The van der Waals surface area contributed by atoms with Crippen molar-refractivity contribution in [3.63, 3.8) is 0 Å². The van der Waals surface area contributed by atoms with Gasteiger partial charge in [-0.3, -0.25) is 9.59 Å². The molecular formula is C29H33ClFN3O4S. The molecule has 0 saturated heterocycles. The Balaban J connectivity index is 1.97. The normalized spacial score (nSPS) is 12.4. The molecule has 7 nitrogen and oxygen atoms in total. The predicted molar refractivity (Wildman–Crippen MR) is 150 cm³/mol. The van der Waals surface area contributed by atoms with Crippen molar-refractivity contribution >= 4 is 33.4 Å². The second kappa shape index (κ2) is 13.7. The van der Waals surface area contributed by atoms with Crippen molar-refractivity contribution in [2.24, 2.45) is 5.92 Å². The predicted octanol–water partition coefficient (Wildman–Crippen LogP) is 4.51. The summed E-state index contributed by atoms with van der Waals surface area (Å²) in [4.78, 5) is 28.5. The fourth-order valence-electron chi connectivity index (χ4n) is 3.94. The van der Waals surface area contributed by atoms with Crippen molar-refractivity contribution in [1.82, 2.24) is 14.5 Å². The van der Waals surface area contributed by atoms with E-state index in [1.807, 2.05) is 44.2 Å². The first-order chi connectivity index (χ1) is 18.5. The van der Waals surface area contributed by atoms with Gasteiger partial charge in [-0.1, -0.05) is 74.0 Å². The Morgan fingerprint density at radius 1 is 0.949 bits per heavy atom. The van der Waals surface area contributed by atoms with Crippen LogP contribution < -0.4 is 5.32 Å². The van der Waals surface area contributed by atoms with E-state index in [0.29, 0.717) is 11.6 Å². The van der Waals surface area contributed by atoms with Crippen molar-refractivity contribution in [1.29, 1.82) is 0 Å². The lowest BCUT2D eigenvalue weighted by atomic mass is 10.0. The number of carbonyl (C=O) groups excluding carboxylic acids is 2. The van der Waals surface area contributed by atoms with Gasteiger partial charge in [0.05, 0.1) is 11.4 Å². The molecule has 2 amide bonds. The molecule has 0 heterocycles. The summed E-state index contributed by atoms with van der Waals surface area (Å²) in [6.07, 6.45) is 0.165. The van der Waals surface area contributed by atoms with Crippen molar-refractivity contribution in [3.05, 3.63) is 101 Å². The minimum Gasteiger partial charge on any atom is -0.354 e. The summed E-state index contributed by atoms with van der Waals surface area (Å²) in [5.74, 6) is -1.41. The summed E-state index contributed by atoms with van der Waals surface area (Å²) in [6.45, 7) is 3.52. The third-order valence-corrected chi connectivity index (χ3v) is 8.20. The third kappa shape index (κ3) is 8.36. The zero-order chi connectivity index (χ0) is 28.6. The number of rotatable bonds is 12. The van der Waals surface area contributed by atoms with E-state index in [2.05, 4.69) is 5.32 Å². The first-order valence-corrected chi connectivity index (χ1v) is 14.4. The van der Waals surface area contributed by atoms with Crippen LogP contribution in [0.4, 0.5) is 4.39 Å². The van der Waals surface area contributed by atoms with E-state index in [1.165, 1.54) is 54.4 Å². The lowest BCUT2D eigenvalue weighted by Gasteiger charge is -2.33. The molecule has 0 saturated carbocycles. The summed E-state index contributed by atoms with van der Waals surface area (Å²) < 4.78 is 41.9. The highest BCUT2D eigenvalue weighted by Crippen LogP contribution is 2.20. The van der Waals surface area contributed by atoms with Gasteiger partial charge in [-0.05, 0) is 41.8 Å². The van der Waals surface area contributed by atoms with E-state index < -0.39 is 40.2 Å². The van der Waals surface area contributed by atoms with Crippen LogP contribution in [0.1, 0.15) is 25.0 Å². The molecule has 39 heavy (non-hydrogen) atoms. The largest absolute Gasteiger partial charge is 0.354 e. The molecule has 1 N–H and O–H groups in total. The Labute approximate surface area is 234 Å². The number of carbonyl (C=O) groups is 2. The second-order valence-corrected chi connectivity index (χ2v) is 12.2. The smallest absolute Gasteiger partial charge is 0.243 e. The van der Waals surface area contributed by atoms with Crippen LogP contribution in [-0.2, 0) is 32.6 Å². The van der Waals surface area contributed by atoms with Gasteiger partial charge in [-0.2, -0.15) is 4.31 Å². The first kappa shape index (κ1) is 30.3. The Morgan fingerprint density at radius 3 is 2.18 bits per heavy atom. The quantitative estimate of drug-likeness (QED) is 0.345. The highest BCUT2D eigenvalue weighted by Gasteiger charge is 2.33. The Bertz CT molecular complexity index is 1370. The maximum absolute atomic E-state index is 14.7. The number of amides is 2. The zero-order valence-electron chi connectivity index (χ0n) is 22.2. The van der Waals surface area contributed by atoms with E-state index in [9.17, 15) is 22.4 Å². The molecule has 1 atom stereocenters. The molecule has 0 bridgehead atoms. The number of halogens is 2. The number of hydrogen-bond acceptors (Lipinski definition) is 4. The second-order valence-electron chi connectivity index (χ2n) is 9.67. The number of sulfonamides is 1. The van der Waals surface area contributed by atoms with E-state index in [1.54, 1.807) is 6.07 Å². The topological polar surface area (TPSA) is 86.8 Å². The van der Waals surface area contributed by atoms with Gasteiger partial charge in [-0.15, -0.1) is 0 Å². The fourth-order valence-corrected chi connectivity index (χ4v) is 5.19. The molecule has 0 aliphatic rings. The molecule has 208 valence electrons. The van der Waals surface area contributed by atoms with E-state index in [-0.39, 0.29) is 29.3 Å². The van der Waals surface area contributed by atoms with Gasteiger partial charge in [0, 0.05) is 37.1 Å². The summed E-state index contributed by atoms with van der Waals surface area (Å²) in [5.41, 5.74) is 1.01. The van der Waals surface area contributed by atoms with E-state index in [0.717, 1.165) is 9.87 Å². The molecule has 3 rings (SSSR count). The Hall–Kier alpha value is -3.27. The minimum atomic E-state index is -4.04. The highest BCUT2D eigenvalue weighted by atomic mass is 35.5. The standard InChI is InChI=1S/C29H33ClFN3O4S/c1-21(2)18-32-29(36)27(17-22-9-5-4-6-10-22)34(19-23-11-7-8-12-26(23)31)28(35)20-33(3)39(37,38)25-15-13-24(30)14-16-25/h4-16,21,27H,17-20H2,1-3H3,(H,32,36)/t27-/m1/s1. The van der Waals surface area contributed by atoms with Gasteiger partial charge >= 0.3 is 0 Å². The molecular weight excluding hydrogens is 541 g/mol. The maximum atomic E-state index is 14.7. The van der Waals surface area contributed by atoms with Crippen LogP contribution in [-0.4, -0.2) is 55.6 Å². The Morgan fingerprint density at radius 2 is 1.56 bits per heavy atom. The number of likely N-dealkylation sites (N-methyl/N-ethyl adjacent to an activating group) is 1. The van der Waals surface area contributed by atoms with Gasteiger partial charge < -0.3 is 10.2 Å². The van der Waals surface area contributed by atoms with Crippen LogP contribution in [0.15, 0.2) is 83.8 Å². The number of hydrogen-bond donors (Lipinski definition) is 1. The average Bonchev–Trinajstić information content (AvgIpc) is 2.91. The molecule has 0 aromatic heterocycles. The first-order valence-electron chi connectivity index (χ1n) is 12.6. The SMILES string of the molecule is CC(C)CNC(=O)[C@@H](Cc1ccccc1)N(Cc1ccccc1F)C(=O)CN(C)S(=O)(=O)c1ccc(Cl)cc1. The van der Waals surface area contributed by atoms with Crippen LogP contribution in [0.25, 0.3) is 0 Å². The van der Waals surface area contributed by atoms with Crippen molar-refractivity contribution in [2.75, 3.05) is 20.1 Å². The number of nitrogens with one attached hydrogen (secondary N) is 1. The minimum absolute atomic E-state index is 0.0293. The highest BCUT2D eigenvalue weighted by molar-refractivity contribution is 7.89. The third-order valence-electron chi connectivity index (χ3n) is 6.13. The molecule has 0 aliphatic carbocycles. The van der Waals surface area contributed by atoms with Crippen LogP contribution in [0.3, 0.4) is 0 Å². The van der Waals surface area contributed by atoms with Crippen molar-refractivity contribution in [3.8, 4) is 0 Å². The van der Waals surface area contributed by atoms with Gasteiger partial charge in [0.2, 0.25) is 21.8 Å². The molecule has 10 heteroatoms. The van der Waals surface area contributed by atoms with Crippen LogP contribution in [0.2, 0.25) is 5.02 Å². The Kier molecular flexibility index (Phi) is 10.6. The maximum Gasteiger partial charge on any atom is 0.243 e. The number of benzene rings is 3. The van der Waals surface area contributed by atoms with Crippen molar-refractivity contribution < 1.29 is 22.4 Å². The molecule has 0 spiro atoms. The van der Waals surface area contributed by atoms with E-state index in [4.69, 9.17) is 11.6 Å². The lowest BCUT2D eigenvalue weighted by molar-refractivity contribution is -0.141. The molecule has 3 aromatic rings. The molecule has 0 unspecified atom stereocenters. The summed E-state index contributed by atoms with van der Waals surface area (Å²) in [7, 11) is -2.75. The monoisotopic (exact) mass is 573 g/mol. The molecule has 3 aromatic carbocycles. The van der Waals surface area contributed by atoms with Crippen LogP contribution >= 0.6 is 11.6 Å². The summed E-state index contributed by atoms with van der Waals surface area (Å²) >= 11 is 5.90. The van der Waals surface area contributed by atoms with Crippen LogP contribution in [0.5, 0.6) is 0 Å². The van der Waals surface area contributed by atoms with Gasteiger partial charge in [0.25, 0.3) is 0 Å². The summed E-state index contributed by atoms with van der Waals surface area (Å²) in [5, 5.41) is 3.26.